The third kappa shape index (κ3) is 4.77. The molecule has 0 aliphatic rings. The SMILES string of the molecule is CC(=O)Nc1ccc(Cl)c(NC(=O)CSc2ccc3ccccc3c2)c1. The fourth-order valence-electron chi connectivity index (χ4n) is 2.49. The van der Waals surface area contributed by atoms with Gasteiger partial charge in [0.15, 0.2) is 0 Å². The lowest BCUT2D eigenvalue weighted by atomic mass is 10.1. The van der Waals surface area contributed by atoms with Gasteiger partial charge in [-0.15, -0.1) is 11.8 Å². The molecule has 6 heteroatoms. The predicted molar refractivity (Wildman–Crippen MR) is 109 cm³/mol. The second-order valence-corrected chi connectivity index (χ2v) is 7.18. The Morgan fingerprint density at radius 2 is 1.73 bits per heavy atom. The molecule has 4 nitrogen and oxygen atoms in total. The number of carbonyl (C=O) groups excluding carboxylic acids is 2. The van der Waals surface area contributed by atoms with Crippen LogP contribution in [0.3, 0.4) is 0 Å². The molecule has 0 spiro atoms. The van der Waals surface area contributed by atoms with E-state index in [1.165, 1.54) is 24.1 Å². The van der Waals surface area contributed by atoms with E-state index in [0.717, 1.165) is 10.3 Å². The molecule has 132 valence electrons. The maximum Gasteiger partial charge on any atom is 0.234 e. The largest absolute Gasteiger partial charge is 0.326 e. The smallest absolute Gasteiger partial charge is 0.234 e. The molecule has 0 saturated heterocycles. The Morgan fingerprint density at radius 3 is 2.50 bits per heavy atom. The molecular formula is C20H17ClN2O2S. The number of hydrogen-bond donors (Lipinski definition) is 2. The van der Waals surface area contributed by atoms with E-state index in [-0.39, 0.29) is 17.6 Å². The summed E-state index contributed by atoms with van der Waals surface area (Å²) in [5.41, 5.74) is 1.06. The van der Waals surface area contributed by atoms with Gasteiger partial charge in [0.05, 0.1) is 16.5 Å². The van der Waals surface area contributed by atoms with Crippen molar-refractivity contribution >= 4 is 57.3 Å². The molecule has 0 fully saturated rings. The Kier molecular flexibility index (Phi) is 5.81. The third-order valence-corrected chi connectivity index (χ3v) is 4.98. The van der Waals surface area contributed by atoms with E-state index in [9.17, 15) is 9.59 Å². The second-order valence-electron chi connectivity index (χ2n) is 5.72. The number of benzene rings is 3. The van der Waals surface area contributed by atoms with Gasteiger partial charge in [-0.1, -0.05) is 41.9 Å². The van der Waals surface area contributed by atoms with Crippen molar-refractivity contribution in [2.75, 3.05) is 16.4 Å². The van der Waals surface area contributed by atoms with Crippen molar-refractivity contribution in [3.8, 4) is 0 Å². The highest BCUT2D eigenvalue weighted by Gasteiger charge is 2.09. The molecule has 0 aliphatic carbocycles. The van der Waals surface area contributed by atoms with Crippen LogP contribution < -0.4 is 10.6 Å². The fourth-order valence-corrected chi connectivity index (χ4v) is 3.40. The zero-order valence-corrected chi connectivity index (χ0v) is 15.7. The molecule has 0 aliphatic heterocycles. The van der Waals surface area contributed by atoms with Crippen molar-refractivity contribution in [2.24, 2.45) is 0 Å². The van der Waals surface area contributed by atoms with Gasteiger partial charge < -0.3 is 10.6 Å². The highest BCUT2D eigenvalue weighted by molar-refractivity contribution is 8.00. The average Bonchev–Trinajstić information content (AvgIpc) is 2.62. The molecule has 2 N–H and O–H groups in total. The van der Waals surface area contributed by atoms with Gasteiger partial charge in [0.2, 0.25) is 11.8 Å². The summed E-state index contributed by atoms with van der Waals surface area (Å²) in [5.74, 6) is -0.0829. The van der Waals surface area contributed by atoms with Crippen molar-refractivity contribution in [3.05, 3.63) is 65.7 Å². The lowest BCUT2D eigenvalue weighted by Crippen LogP contribution is -2.15. The van der Waals surface area contributed by atoms with Crippen LogP contribution in [0.25, 0.3) is 10.8 Å². The van der Waals surface area contributed by atoms with Crippen LogP contribution in [0.15, 0.2) is 65.6 Å². The van der Waals surface area contributed by atoms with Gasteiger partial charge in [-0.05, 0) is 41.1 Å². The van der Waals surface area contributed by atoms with E-state index in [2.05, 4.69) is 22.8 Å². The second kappa shape index (κ2) is 8.25. The van der Waals surface area contributed by atoms with Crippen LogP contribution in [-0.4, -0.2) is 17.6 Å². The predicted octanol–water partition coefficient (Wildman–Crippen LogP) is 5.18. The highest BCUT2D eigenvalue weighted by atomic mass is 35.5. The first kappa shape index (κ1) is 18.3. The van der Waals surface area contributed by atoms with Crippen molar-refractivity contribution in [3.63, 3.8) is 0 Å². The van der Waals surface area contributed by atoms with Gasteiger partial charge in [-0.3, -0.25) is 9.59 Å². The Bertz CT molecular complexity index is 975. The summed E-state index contributed by atoms with van der Waals surface area (Å²) in [6.07, 6.45) is 0. The van der Waals surface area contributed by atoms with Crippen LogP contribution in [0.2, 0.25) is 5.02 Å². The first-order valence-corrected chi connectivity index (χ1v) is 9.36. The zero-order valence-electron chi connectivity index (χ0n) is 14.1. The number of nitrogens with one attached hydrogen (secondary N) is 2. The van der Waals surface area contributed by atoms with Crippen LogP contribution in [0.1, 0.15) is 6.92 Å². The molecule has 3 aromatic rings. The monoisotopic (exact) mass is 384 g/mol. The van der Waals surface area contributed by atoms with Gasteiger partial charge in [-0.25, -0.2) is 0 Å². The molecule has 26 heavy (non-hydrogen) atoms. The Balaban J connectivity index is 1.64. The number of fused-ring (bicyclic) bond motifs is 1. The molecule has 0 bridgehead atoms. The summed E-state index contributed by atoms with van der Waals surface area (Å²) in [5, 5.41) is 8.19. The van der Waals surface area contributed by atoms with Gasteiger partial charge in [0, 0.05) is 17.5 Å². The summed E-state index contributed by atoms with van der Waals surface area (Å²) >= 11 is 7.58. The molecule has 2 amide bonds. The quantitative estimate of drug-likeness (QED) is 0.595. The summed E-state index contributed by atoms with van der Waals surface area (Å²) < 4.78 is 0. The van der Waals surface area contributed by atoms with Gasteiger partial charge in [-0.2, -0.15) is 0 Å². The molecule has 3 aromatic carbocycles. The highest BCUT2D eigenvalue weighted by Crippen LogP contribution is 2.27. The molecule has 0 radical (unpaired) electrons. The third-order valence-electron chi connectivity index (χ3n) is 3.65. The summed E-state index contributed by atoms with van der Waals surface area (Å²) in [7, 11) is 0. The molecule has 0 atom stereocenters. The summed E-state index contributed by atoms with van der Waals surface area (Å²) in [6.45, 7) is 1.42. The Hall–Kier alpha value is -2.50. The lowest BCUT2D eigenvalue weighted by Gasteiger charge is -2.10. The zero-order chi connectivity index (χ0) is 18.5. The van der Waals surface area contributed by atoms with E-state index < -0.39 is 0 Å². The molecule has 0 unspecified atom stereocenters. The standard InChI is InChI=1S/C20H17ClN2O2S/c1-13(24)22-16-7-9-18(21)19(11-16)23-20(25)12-26-17-8-6-14-4-2-3-5-15(14)10-17/h2-11H,12H2,1H3,(H,22,24)(H,23,25). The first-order chi connectivity index (χ1) is 12.5. The maximum atomic E-state index is 12.3. The van der Waals surface area contributed by atoms with Crippen molar-refractivity contribution in [1.29, 1.82) is 0 Å². The molecule has 0 saturated carbocycles. The summed E-state index contributed by atoms with van der Waals surface area (Å²) in [4.78, 5) is 24.4. The average molecular weight is 385 g/mol. The number of rotatable bonds is 5. The van der Waals surface area contributed by atoms with E-state index in [1.807, 2.05) is 30.3 Å². The minimum atomic E-state index is -0.184. The number of hydrogen-bond acceptors (Lipinski definition) is 3. The minimum absolute atomic E-state index is 0.162. The van der Waals surface area contributed by atoms with E-state index in [4.69, 9.17) is 11.6 Å². The Labute approximate surface area is 160 Å². The topological polar surface area (TPSA) is 58.2 Å². The van der Waals surface area contributed by atoms with Crippen molar-refractivity contribution < 1.29 is 9.59 Å². The minimum Gasteiger partial charge on any atom is -0.326 e. The number of carbonyl (C=O) groups is 2. The lowest BCUT2D eigenvalue weighted by molar-refractivity contribution is -0.114. The van der Waals surface area contributed by atoms with Crippen LogP contribution in [0, 0.1) is 0 Å². The fraction of sp³-hybridized carbons (Fsp3) is 0.100. The molecular weight excluding hydrogens is 368 g/mol. The number of halogens is 1. The van der Waals surface area contributed by atoms with E-state index in [0.29, 0.717) is 16.4 Å². The molecule has 0 aromatic heterocycles. The summed E-state index contributed by atoms with van der Waals surface area (Å²) in [6, 6.07) is 19.2. The maximum absolute atomic E-state index is 12.3. The first-order valence-electron chi connectivity index (χ1n) is 8.00. The van der Waals surface area contributed by atoms with E-state index >= 15 is 0 Å². The number of amides is 2. The van der Waals surface area contributed by atoms with Crippen LogP contribution in [-0.2, 0) is 9.59 Å². The van der Waals surface area contributed by atoms with Crippen molar-refractivity contribution in [2.45, 2.75) is 11.8 Å². The van der Waals surface area contributed by atoms with Gasteiger partial charge in [0.1, 0.15) is 0 Å². The van der Waals surface area contributed by atoms with E-state index in [1.54, 1.807) is 18.2 Å². The normalized spacial score (nSPS) is 10.5. The van der Waals surface area contributed by atoms with Crippen LogP contribution >= 0.6 is 23.4 Å². The van der Waals surface area contributed by atoms with Gasteiger partial charge in [0.25, 0.3) is 0 Å². The van der Waals surface area contributed by atoms with Crippen molar-refractivity contribution in [1.82, 2.24) is 0 Å². The van der Waals surface area contributed by atoms with Gasteiger partial charge >= 0.3 is 0 Å². The number of anilines is 2. The van der Waals surface area contributed by atoms with Crippen LogP contribution in [0.4, 0.5) is 11.4 Å². The Morgan fingerprint density at radius 1 is 0.962 bits per heavy atom. The number of thioether (sulfide) groups is 1. The molecule has 3 rings (SSSR count). The molecule has 0 heterocycles. The van der Waals surface area contributed by atoms with Crippen LogP contribution in [0.5, 0.6) is 0 Å².